The number of aromatic nitrogens is 4. The van der Waals surface area contributed by atoms with E-state index < -0.39 is 0 Å². The van der Waals surface area contributed by atoms with Crippen molar-refractivity contribution in [1.29, 1.82) is 0 Å². The molecule has 0 atom stereocenters. The molecule has 29 heavy (non-hydrogen) atoms. The predicted octanol–water partition coefficient (Wildman–Crippen LogP) is 4.91. The summed E-state index contributed by atoms with van der Waals surface area (Å²) in [7, 11) is 0. The highest BCUT2D eigenvalue weighted by atomic mass is 32.2. The average Bonchev–Trinajstić information content (AvgIpc) is 3.16. The zero-order valence-electron chi connectivity index (χ0n) is 16.5. The number of rotatable bonds is 5. The quantitative estimate of drug-likeness (QED) is 0.480. The molecule has 1 N–H and O–H groups in total. The lowest BCUT2D eigenvalue weighted by molar-refractivity contribution is -0.115. The van der Waals surface area contributed by atoms with Crippen LogP contribution in [0.5, 0.6) is 0 Å². The van der Waals surface area contributed by atoms with Gasteiger partial charge in [0.1, 0.15) is 5.03 Å². The van der Waals surface area contributed by atoms with Crippen LogP contribution in [-0.4, -0.2) is 25.5 Å². The number of carbonyl (C=O) groups excluding carboxylic acids is 1. The number of fused-ring (bicyclic) bond motifs is 1. The maximum atomic E-state index is 11.9. The number of para-hydroxylation sites is 1. The van der Waals surface area contributed by atoms with Crippen molar-refractivity contribution < 1.29 is 4.79 Å². The Morgan fingerprint density at radius 3 is 2.52 bits per heavy atom. The van der Waals surface area contributed by atoms with Crippen LogP contribution in [0.25, 0.3) is 17.2 Å². The molecule has 7 heteroatoms. The highest BCUT2D eigenvalue weighted by Gasteiger charge is 2.17. The van der Waals surface area contributed by atoms with Crippen LogP contribution < -0.4 is 5.32 Å². The van der Waals surface area contributed by atoms with Gasteiger partial charge in [-0.25, -0.2) is 4.98 Å². The Kier molecular flexibility index (Phi) is 5.31. The number of nitrogens with one attached hydrogen (secondary N) is 1. The van der Waals surface area contributed by atoms with Crippen LogP contribution in [0.3, 0.4) is 0 Å². The molecule has 0 radical (unpaired) electrons. The number of benzene rings is 2. The average molecular weight is 404 g/mol. The summed E-state index contributed by atoms with van der Waals surface area (Å²) in [6, 6.07) is 17.6. The first kappa shape index (κ1) is 19.1. The monoisotopic (exact) mass is 403 g/mol. The molecule has 0 aliphatic carbocycles. The Labute approximate surface area is 173 Å². The van der Waals surface area contributed by atoms with Gasteiger partial charge >= 0.3 is 0 Å². The van der Waals surface area contributed by atoms with Gasteiger partial charge in [-0.15, -0.1) is 5.10 Å². The Bertz CT molecular complexity index is 1190. The Morgan fingerprint density at radius 1 is 1.03 bits per heavy atom. The van der Waals surface area contributed by atoms with E-state index in [1.807, 2.05) is 75.4 Å². The predicted molar refractivity (Wildman–Crippen MR) is 115 cm³/mol. The lowest BCUT2D eigenvalue weighted by atomic mass is 10.2. The Hall–Kier alpha value is -3.19. The summed E-state index contributed by atoms with van der Waals surface area (Å²) in [5.41, 5.74) is 3.67. The molecule has 0 saturated carbocycles. The third kappa shape index (κ3) is 3.86. The lowest BCUT2D eigenvalue weighted by Crippen LogP contribution is -2.10. The molecule has 4 aromatic rings. The van der Waals surface area contributed by atoms with Crippen LogP contribution in [0.2, 0.25) is 0 Å². The second-order valence-electron chi connectivity index (χ2n) is 6.64. The largest absolute Gasteiger partial charge is 0.325 e. The van der Waals surface area contributed by atoms with Crippen molar-refractivity contribution >= 4 is 29.1 Å². The summed E-state index contributed by atoms with van der Waals surface area (Å²) >= 11 is 1.55. The highest BCUT2D eigenvalue weighted by Crippen LogP contribution is 2.36. The molecule has 0 aliphatic heterocycles. The zero-order valence-corrected chi connectivity index (χ0v) is 17.3. The SMILES string of the molecule is CCC(=O)Nc1ccccc1Sc1c(C)c(C)nc2nc(-c3ccccc3)nn12. The number of carbonyl (C=O) groups is 1. The number of anilines is 1. The number of hydrogen-bond acceptors (Lipinski definition) is 5. The van der Waals surface area contributed by atoms with Crippen molar-refractivity contribution in [2.45, 2.75) is 37.1 Å². The molecule has 0 fully saturated rings. The smallest absolute Gasteiger partial charge is 0.254 e. The van der Waals surface area contributed by atoms with Gasteiger partial charge in [-0.3, -0.25) is 4.79 Å². The van der Waals surface area contributed by atoms with Gasteiger partial charge < -0.3 is 5.32 Å². The van der Waals surface area contributed by atoms with Crippen molar-refractivity contribution in [2.24, 2.45) is 0 Å². The van der Waals surface area contributed by atoms with Crippen molar-refractivity contribution in [3.05, 3.63) is 65.9 Å². The number of aryl methyl sites for hydroxylation is 1. The third-order valence-corrected chi connectivity index (χ3v) is 5.88. The van der Waals surface area contributed by atoms with Crippen molar-refractivity contribution in [3.8, 4) is 11.4 Å². The third-order valence-electron chi connectivity index (χ3n) is 4.63. The van der Waals surface area contributed by atoms with E-state index in [9.17, 15) is 4.79 Å². The summed E-state index contributed by atoms with van der Waals surface area (Å²) in [6.07, 6.45) is 0.431. The van der Waals surface area contributed by atoms with Gasteiger partial charge in [0, 0.05) is 28.1 Å². The van der Waals surface area contributed by atoms with Gasteiger partial charge in [0.2, 0.25) is 5.91 Å². The van der Waals surface area contributed by atoms with E-state index in [0.717, 1.165) is 32.4 Å². The second-order valence-corrected chi connectivity index (χ2v) is 7.67. The number of hydrogen-bond donors (Lipinski definition) is 1. The van der Waals surface area contributed by atoms with Crippen LogP contribution >= 0.6 is 11.8 Å². The Balaban J connectivity index is 1.81. The fourth-order valence-corrected chi connectivity index (χ4v) is 3.98. The van der Waals surface area contributed by atoms with E-state index in [0.29, 0.717) is 18.0 Å². The summed E-state index contributed by atoms with van der Waals surface area (Å²) in [4.78, 5) is 22.1. The van der Waals surface area contributed by atoms with Crippen LogP contribution in [-0.2, 0) is 4.79 Å². The van der Waals surface area contributed by atoms with E-state index >= 15 is 0 Å². The van der Waals surface area contributed by atoms with Crippen LogP contribution in [0.15, 0.2) is 64.5 Å². The topological polar surface area (TPSA) is 72.2 Å². The van der Waals surface area contributed by atoms with Crippen LogP contribution in [0.1, 0.15) is 24.6 Å². The molecule has 0 spiro atoms. The lowest BCUT2D eigenvalue weighted by Gasteiger charge is -2.13. The molecule has 0 bridgehead atoms. The first-order valence-corrected chi connectivity index (χ1v) is 10.2. The molecule has 146 valence electrons. The molecule has 4 rings (SSSR count). The van der Waals surface area contributed by atoms with Gasteiger partial charge in [-0.2, -0.15) is 9.50 Å². The minimum Gasteiger partial charge on any atom is -0.325 e. The molecular weight excluding hydrogens is 382 g/mol. The molecule has 0 saturated heterocycles. The number of amides is 1. The molecule has 2 aromatic heterocycles. The fraction of sp³-hybridized carbons (Fsp3) is 0.182. The summed E-state index contributed by atoms with van der Waals surface area (Å²) in [5.74, 6) is 1.18. The van der Waals surface area contributed by atoms with E-state index in [-0.39, 0.29) is 5.91 Å². The second kappa shape index (κ2) is 8.05. The summed E-state index contributed by atoms with van der Waals surface area (Å²) < 4.78 is 1.79. The zero-order chi connectivity index (χ0) is 20.4. The van der Waals surface area contributed by atoms with Crippen molar-refractivity contribution in [2.75, 3.05) is 5.32 Å². The first-order chi connectivity index (χ1) is 14.1. The van der Waals surface area contributed by atoms with E-state index in [1.54, 1.807) is 16.3 Å². The normalized spacial score (nSPS) is 11.0. The van der Waals surface area contributed by atoms with Gasteiger partial charge in [-0.1, -0.05) is 61.2 Å². The minimum atomic E-state index is -0.0158. The van der Waals surface area contributed by atoms with Crippen molar-refractivity contribution in [3.63, 3.8) is 0 Å². The van der Waals surface area contributed by atoms with E-state index in [2.05, 4.69) is 15.3 Å². The maximum absolute atomic E-state index is 11.9. The molecule has 0 aliphatic rings. The fourth-order valence-electron chi connectivity index (χ4n) is 2.89. The standard InChI is InChI=1S/C22H21N5OS/c1-4-19(28)24-17-12-8-9-13-18(17)29-21-14(2)15(3)23-22-25-20(26-27(21)22)16-10-6-5-7-11-16/h5-13H,4H2,1-3H3,(H,24,28). The van der Waals surface area contributed by atoms with Gasteiger partial charge in [-0.05, 0) is 26.0 Å². The summed E-state index contributed by atoms with van der Waals surface area (Å²) in [6.45, 7) is 5.84. The van der Waals surface area contributed by atoms with E-state index in [1.165, 1.54) is 0 Å². The van der Waals surface area contributed by atoms with Crippen LogP contribution in [0.4, 0.5) is 5.69 Å². The molecule has 2 heterocycles. The molecular formula is C22H21N5OS. The first-order valence-electron chi connectivity index (χ1n) is 9.43. The van der Waals surface area contributed by atoms with Gasteiger partial charge in [0.05, 0.1) is 5.69 Å². The molecule has 2 aromatic carbocycles. The minimum absolute atomic E-state index is 0.0158. The molecule has 0 unspecified atom stereocenters. The highest BCUT2D eigenvalue weighted by molar-refractivity contribution is 7.99. The molecule has 1 amide bonds. The maximum Gasteiger partial charge on any atom is 0.254 e. The van der Waals surface area contributed by atoms with Crippen LogP contribution in [0, 0.1) is 13.8 Å². The molecule has 6 nitrogen and oxygen atoms in total. The van der Waals surface area contributed by atoms with Crippen molar-refractivity contribution in [1.82, 2.24) is 19.6 Å². The van der Waals surface area contributed by atoms with Gasteiger partial charge in [0.15, 0.2) is 5.82 Å². The Morgan fingerprint density at radius 2 is 1.76 bits per heavy atom. The number of nitrogens with zero attached hydrogens (tertiary/aromatic N) is 4. The van der Waals surface area contributed by atoms with E-state index in [4.69, 9.17) is 5.10 Å². The van der Waals surface area contributed by atoms with Gasteiger partial charge in [0.25, 0.3) is 5.78 Å². The summed E-state index contributed by atoms with van der Waals surface area (Å²) in [5, 5.41) is 8.63.